The van der Waals surface area contributed by atoms with Crippen molar-refractivity contribution >= 4 is 0 Å². The molecule has 0 spiro atoms. The number of hydrogen-bond acceptors (Lipinski definition) is 3. The topological polar surface area (TPSA) is 41.5 Å². The van der Waals surface area contributed by atoms with Crippen LogP contribution in [0.2, 0.25) is 0 Å². The summed E-state index contributed by atoms with van der Waals surface area (Å²) in [4.78, 5) is 0. The van der Waals surface area contributed by atoms with Gasteiger partial charge in [0, 0.05) is 12.1 Å². The molecule has 2 N–H and O–H groups in total. The van der Waals surface area contributed by atoms with Crippen LogP contribution in [-0.2, 0) is 4.74 Å². The number of hydrogen-bond donors (Lipinski definition) is 2. The third-order valence-corrected chi connectivity index (χ3v) is 2.57. The van der Waals surface area contributed by atoms with Crippen molar-refractivity contribution in [1.82, 2.24) is 5.32 Å². The van der Waals surface area contributed by atoms with Crippen molar-refractivity contribution in [2.75, 3.05) is 13.2 Å². The maximum atomic E-state index is 8.85. The van der Waals surface area contributed by atoms with E-state index in [-0.39, 0.29) is 5.54 Å². The van der Waals surface area contributed by atoms with Crippen LogP contribution < -0.4 is 5.32 Å². The van der Waals surface area contributed by atoms with Gasteiger partial charge in [-0.05, 0) is 26.7 Å². The van der Waals surface area contributed by atoms with E-state index in [9.17, 15) is 0 Å². The Bertz CT molecular complexity index is 122. The highest BCUT2D eigenvalue weighted by Crippen LogP contribution is 2.12. The molecule has 1 unspecified atom stereocenters. The molecule has 0 bridgehead atoms. The van der Waals surface area contributed by atoms with Gasteiger partial charge in [-0.15, -0.1) is 0 Å². The summed E-state index contributed by atoms with van der Waals surface area (Å²) >= 11 is 0. The quantitative estimate of drug-likeness (QED) is 0.471. The van der Waals surface area contributed by atoms with Gasteiger partial charge in [0.15, 0.2) is 6.29 Å². The molecule has 0 aromatic carbocycles. The van der Waals surface area contributed by atoms with Crippen molar-refractivity contribution in [2.45, 2.75) is 52.4 Å². The summed E-state index contributed by atoms with van der Waals surface area (Å²) in [5.74, 6) is 0. The number of aliphatic hydroxyl groups excluding tert-OH is 1. The second-order valence-corrected chi connectivity index (χ2v) is 3.66. The number of aliphatic hydroxyl groups is 1. The first-order valence-electron chi connectivity index (χ1n) is 5.08. The standard InChI is InChI=1S/C10H23NO2/c1-5-10(4,6-2)11-7-8-13-9(3)12/h9,11-12H,5-8H2,1-4H3. The minimum absolute atomic E-state index is 0.210. The molecule has 0 aromatic rings. The zero-order valence-corrected chi connectivity index (χ0v) is 9.26. The Labute approximate surface area is 81.5 Å². The highest BCUT2D eigenvalue weighted by atomic mass is 16.6. The van der Waals surface area contributed by atoms with Crippen LogP contribution in [0.5, 0.6) is 0 Å². The second kappa shape index (κ2) is 6.35. The molecular weight excluding hydrogens is 166 g/mol. The fourth-order valence-electron chi connectivity index (χ4n) is 1.08. The van der Waals surface area contributed by atoms with Gasteiger partial charge in [-0.2, -0.15) is 0 Å². The molecule has 0 saturated carbocycles. The summed E-state index contributed by atoms with van der Waals surface area (Å²) in [6.45, 7) is 9.53. The summed E-state index contributed by atoms with van der Waals surface area (Å²) in [7, 11) is 0. The lowest BCUT2D eigenvalue weighted by Gasteiger charge is -2.28. The zero-order valence-electron chi connectivity index (χ0n) is 9.26. The van der Waals surface area contributed by atoms with Gasteiger partial charge in [-0.1, -0.05) is 13.8 Å². The molecule has 0 radical (unpaired) electrons. The zero-order chi connectivity index (χ0) is 10.3. The SMILES string of the molecule is CCC(C)(CC)NCCOC(C)O. The molecule has 0 fully saturated rings. The molecule has 0 amide bonds. The van der Waals surface area contributed by atoms with Gasteiger partial charge in [0.1, 0.15) is 0 Å². The fraction of sp³-hybridized carbons (Fsp3) is 1.00. The van der Waals surface area contributed by atoms with Gasteiger partial charge in [-0.25, -0.2) is 0 Å². The van der Waals surface area contributed by atoms with Gasteiger partial charge in [0.25, 0.3) is 0 Å². The number of nitrogens with one attached hydrogen (secondary N) is 1. The summed E-state index contributed by atoms with van der Waals surface area (Å²) in [6.07, 6.45) is 1.56. The Balaban J connectivity index is 3.50. The van der Waals surface area contributed by atoms with Crippen molar-refractivity contribution < 1.29 is 9.84 Å². The lowest BCUT2D eigenvalue weighted by molar-refractivity contribution is -0.0845. The first-order chi connectivity index (χ1) is 6.04. The molecule has 0 aliphatic carbocycles. The van der Waals surface area contributed by atoms with Gasteiger partial charge >= 0.3 is 0 Å². The molecule has 0 aromatic heterocycles. The van der Waals surface area contributed by atoms with Crippen LogP contribution in [0.3, 0.4) is 0 Å². The normalized spacial score (nSPS) is 14.5. The van der Waals surface area contributed by atoms with Crippen LogP contribution in [0.4, 0.5) is 0 Å². The maximum Gasteiger partial charge on any atom is 0.151 e. The number of rotatable bonds is 7. The third kappa shape index (κ3) is 6.02. The van der Waals surface area contributed by atoms with E-state index in [1.165, 1.54) is 0 Å². The molecule has 0 aliphatic rings. The van der Waals surface area contributed by atoms with Gasteiger partial charge in [0.05, 0.1) is 6.61 Å². The fourth-order valence-corrected chi connectivity index (χ4v) is 1.08. The third-order valence-electron chi connectivity index (χ3n) is 2.57. The Morgan fingerprint density at radius 3 is 2.31 bits per heavy atom. The molecule has 1 atom stereocenters. The Hall–Kier alpha value is -0.120. The highest BCUT2D eigenvalue weighted by molar-refractivity contribution is 4.79. The average molecular weight is 189 g/mol. The summed E-state index contributed by atoms with van der Waals surface area (Å²) < 4.78 is 5.02. The second-order valence-electron chi connectivity index (χ2n) is 3.66. The van der Waals surface area contributed by atoms with Crippen LogP contribution in [0.15, 0.2) is 0 Å². The average Bonchev–Trinajstić information content (AvgIpc) is 2.12. The van der Waals surface area contributed by atoms with E-state index in [0.29, 0.717) is 6.61 Å². The first kappa shape index (κ1) is 12.9. The van der Waals surface area contributed by atoms with Gasteiger partial charge in [0.2, 0.25) is 0 Å². The minimum atomic E-state index is -0.656. The Morgan fingerprint density at radius 1 is 1.38 bits per heavy atom. The van der Waals surface area contributed by atoms with Crippen LogP contribution in [0.25, 0.3) is 0 Å². The Morgan fingerprint density at radius 2 is 1.92 bits per heavy atom. The molecule has 0 rings (SSSR count). The van der Waals surface area contributed by atoms with Gasteiger partial charge in [-0.3, -0.25) is 0 Å². The van der Waals surface area contributed by atoms with Crippen LogP contribution in [0, 0.1) is 0 Å². The Kier molecular flexibility index (Phi) is 6.29. The largest absolute Gasteiger partial charge is 0.368 e. The molecule has 0 heterocycles. The van der Waals surface area contributed by atoms with E-state index in [0.717, 1.165) is 19.4 Å². The predicted molar refractivity (Wildman–Crippen MR) is 54.6 cm³/mol. The molecule has 3 nitrogen and oxygen atoms in total. The van der Waals surface area contributed by atoms with E-state index in [2.05, 4.69) is 26.1 Å². The van der Waals surface area contributed by atoms with Crippen LogP contribution in [0.1, 0.15) is 40.5 Å². The molecular formula is C10H23NO2. The minimum Gasteiger partial charge on any atom is -0.368 e. The molecule has 3 heteroatoms. The lowest BCUT2D eigenvalue weighted by Crippen LogP contribution is -2.43. The first-order valence-corrected chi connectivity index (χ1v) is 5.08. The van der Waals surface area contributed by atoms with E-state index in [1.54, 1.807) is 6.92 Å². The van der Waals surface area contributed by atoms with Gasteiger partial charge < -0.3 is 15.2 Å². The maximum absolute atomic E-state index is 8.85. The molecule has 0 aliphatic heterocycles. The molecule has 13 heavy (non-hydrogen) atoms. The lowest BCUT2D eigenvalue weighted by atomic mass is 9.96. The van der Waals surface area contributed by atoms with E-state index in [4.69, 9.17) is 9.84 Å². The summed E-state index contributed by atoms with van der Waals surface area (Å²) in [5, 5.41) is 12.3. The highest BCUT2D eigenvalue weighted by Gasteiger charge is 2.17. The van der Waals surface area contributed by atoms with Crippen molar-refractivity contribution in [3.8, 4) is 0 Å². The van der Waals surface area contributed by atoms with Crippen LogP contribution >= 0.6 is 0 Å². The summed E-state index contributed by atoms with van der Waals surface area (Å²) in [6, 6.07) is 0. The van der Waals surface area contributed by atoms with Crippen molar-refractivity contribution in [1.29, 1.82) is 0 Å². The van der Waals surface area contributed by atoms with E-state index in [1.807, 2.05) is 0 Å². The van der Waals surface area contributed by atoms with Crippen LogP contribution in [-0.4, -0.2) is 30.1 Å². The summed E-state index contributed by atoms with van der Waals surface area (Å²) in [5.41, 5.74) is 0.210. The van der Waals surface area contributed by atoms with Crippen molar-refractivity contribution in [2.24, 2.45) is 0 Å². The molecule has 80 valence electrons. The van der Waals surface area contributed by atoms with E-state index >= 15 is 0 Å². The van der Waals surface area contributed by atoms with E-state index < -0.39 is 6.29 Å². The van der Waals surface area contributed by atoms with Crippen molar-refractivity contribution in [3.63, 3.8) is 0 Å². The smallest absolute Gasteiger partial charge is 0.151 e. The predicted octanol–water partition coefficient (Wildman–Crippen LogP) is 1.51. The monoisotopic (exact) mass is 189 g/mol. The number of ether oxygens (including phenoxy) is 1. The molecule has 0 saturated heterocycles. The van der Waals surface area contributed by atoms with Crippen molar-refractivity contribution in [3.05, 3.63) is 0 Å².